The molecule has 1 amide bonds. The van der Waals surface area contributed by atoms with Gasteiger partial charge in [0.25, 0.3) is 11.6 Å². The van der Waals surface area contributed by atoms with Crippen LogP contribution >= 0.6 is 0 Å². The Bertz CT molecular complexity index is 711. The summed E-state index contributed by atoms with van der Waals surface area (Å²) in [6, 6.07) is 6.26. The SMILES string of the molecule is N#CC1C=NN(CC(F)(F)F)C1NC(=O)c1ccc([N+](=O)[O-])cc1. The first kappa shape index (κ1) is 17.2. The van der Waals surface area contributed by atoms with Crippen LogP contribution in [-0.4, -0.2) is 40.9 Å². The molecule has 11 heteroatoms. The lowest BCUT2D eigenvalue weighted by molar-refractivity contribution is -0.384. The Hall–Kier alpha value is -3.16. The molecule has 2 rings (SSSR count). The average molecular weight is 341 g/mol. The van der Waals surface area contributed by atoms with Crippen molar-refractivity contribution in [1.82, 2.24) is 10.3 Å². The maximum Gasteiger partial charge on any atom is 0.407 e. The maximum absolute atomic E-state index is 12.5. The van der Waals surface area contributed by atoms with Crippen molar-refractivity contribution < 1.29 is 22.9 Å². The highest BCUT2D eigenvalue weighted by molar-refractivity contribution is 5.95. The van der Waals surface area contributed by atoms with Crippen LogP contribution in [0, 0.1) is 27.4 Å². The van der Waals surface area contributed by atoms with Gasteiger partial charge in [-0.05, 0) is 12.1 Å². The van der Waals surface area contributed by atoms with Gasteiger partial charge in [0.05, 0.1) is 11.0 Å². The third-order valence-electron chi connectivity index (χ3n) is 3.15. The molecule has 0 bridgehead atoms. The number of nitrogens with zero attached hydrogens (tertiary/aromatic N) is 4. The van der Waals surface area contributed by atoms with Gasteiger partial charge in [-0.25, -0.2) is 0 Å². The normalized spacial score (nSPS) is 19.8. The van der Waals surface area contributed by atoms with E-state index in [1.807, 2.05) is 0 Å². The molecule has 0 aromatic heterocycles. The molecule has 1 N–H and O–H groups in total. The molecule has 2 unspecified atom stereocenters. The first-order valence-electron chi connectivity index (χ1n) is 6.53. The number of halogens is 3. The Labute approximate surface area is 133 Å². The molecule has 1 aromatic rings. The van der Waals surface area contributed by atoms with E-state index >= 15 is 0 Å². The number of nitriles is 1. The Kier molecular flexibility index (Phi) is 4.68. The van der Waals surface area contributed by atoms with Crippen molar-refractivity contribution >= 4 is 17.8 Å². The molecule has 1 aliphatic rings. The minimum absolute atomic E-state index is 0.0103. The van der Waals surface area contributed by atoms with E-state index in [1.54, 1.807) is 6.07 Å². The van der Waals surface area contributed by atoms with Crippen LogP contribution in [0.5, 0.6) is 0 Å². The smallest absolute Gasteiger partial charge is 0.329 e. The number of carbonyl (C=O) groups excluding carboxylic acids is 1. The van der Waals surface area contributed by atoms with Gasteiger partial charge in [-0.2, -0.15) is 23.5 Å². The number of hydrogen-bond acceptors (Lipinski definition) is 6. The van der Waals surface area contributed by atoms with E-state index < -0.39 is 35.6 Å². The Morgan fingerprint density at radius 3 is 2.54 bits per heavy atom. The van der Waals surface area contributed by atoms with E-state index in [0.29, 0.717) is 5.01 Å². The Balaban J connectivity index is 2.12. The van der Waals surface area contributed by atoms with Crippen LogP contribution in [0.2, 0.25) is 0 Å². The molecule has 1 aliphatic heterocycles. The van der Waals surface area contributed by atoms with Crippen molar-refractivity contribution in [3.05, 3.63) is 39.9 Å². The van der Waals surface area contributed by atoms with Crippen LogP contribution in [0.3, 0.4) is 0 Å². The number of carbonyl (C=O) groups is 1. The van der Waals surface area contributed by atoms with E-state index in [9.17, 15) is 28.1 Å². The second-order valence-electron chi connectivity index (χ2n) is 4.85. The van der Waals surface area contributed by atoms with Crippen molar-refractivity contribution in [3.63, 3.8) is 0 Å². The quantitative estimate of drug-likeness (QED) is 0.661. The van der Waals surface area contributed by atoms with Crippen molar-refractivity contribution in [1.29, 1.82) is 5.26 Å². The largest absolute Gasteiger partial charge is 0.407 e. The lowest BCUT2D eigenvalue weighted by Crippen LogP contribution is -2.49. The number of alkyl halides is 3. The number of nitro benzene ring substituents is 1. The van der Waals surface area contributed by atoms with Crippen LogP contribution in [0.25, 0.3) is 0 Å². The first-order chi connectivity index (χ1) is 11.2. The summed E-state index contributed by atoms with van der Waals surface area (Å²) in [7, 11) is 0. The third-order valence-corrected chi connectivity index (χ3v) is 3.15. The Morgan fingerprint density at radius 2 is 2.04 bits per heavy atom. The van der Waals surface area contributed by atoms with Gasteiger partial charge in [-0.1, -0.05) is 0 Å². The standard InChI is InChI=1S/C13H10F3N5O3/c14-13(15,16)7-20-11(9(5-17)6-18-20)19-12(22)8-1-3-10(4-2-8)21(23)24/h1-4,6,9,11H,7H2,(H,19,22). The fourth-order valence-corrected chi connectivity index (χ4v) is 2.04. The van der Waals surface area contributed by atoms with Crippen molar-refractivity contribution in [2.45, 2.75) is 12.3 Å². The first-order valence-corrected chi connectivity index (χ1v) is 6.53. The summed E-state index contributed by atoms with van der Waals surface area (Å²) < 4.78 is 37.6. The lowest BCUT2D eigenvalue weighted by atomic mass is 10.1. The number of benzene rings is 1. The van der Waals surface area contributed by atoms with Crippen LogP contribution in [0.1, 0.15) is 10.4 Å². The second-order valence-corrected chi connectivity index (χ2v) is 4.85. The van der Waals surface area contributed by atoms with Crippen LogP contribution in [0.15, 0.2) is 29.4 Å². The van der Waals surface area contributed by atoms with E-state index in [-0.39, 0.29) is 11.3 Å². The number of non-ortho nitro benzene ring substituents is 1. The molecule has 126 valence electrons. The van der Waals surface area contributed by atoms with E-state index in [0.717, 1.165) is 18.3 Å². The van der Waals surface area contributed by atoms with Crippen LogP contribution in [-0.2, 0) is 0 Å². The van der Waals surface area contributed by atoms with Crippen LogP contribution in [0.4, 0.5) is 18.9 Å². The molecular weight excluding hydrogens is 331 g/mol. The van der Waals surface area contributed by atoms with E-state index in [1.165, 1.54) is 12.1 Å². The van der Waals surface area contributed by atoms with E-state index in [4.69, 9.17) is 5.26 Å². The zero-order chi connectivity index (χ0) is 17.9. The molecule has 8 nitrogen and oxygen atoms in total. The molecule has 1 aromatic carbocycles. The van der Waals surface area contributed by atoms with Crippen LogP contribution < -0.4 is 5.32 Å². The summed E-state index contributed by atoms with van der Waals surface area (Å²) in [5.74, 6) is -1.82. The van der Waals surface area contributed by atoms with Gasteiger partial charge in [0, 0.05) is 23.9 Å². The molecule has 1 heterocycles. The van der Waals surface area contributed by atoms with Gasteiger partial charge in [0.1, 0.15) is 18.6 Å². The van der Waals surface area contributed by atoms with Crippen molar-refractivity contribution in [2.75, 3.05) is 6.54 Å². The maximum atomic E-state index is 12.5. The molecule has 0 fully saturated rings. The van der Waals surface area contributed by atoms with Gasteiger partial charge < -0.3 is 5.32 Å². The minimum atomic E-state index is -4.56. The number of nitrogens with one attached hydrogen (secondary N) is 1. The van der Waals surface area contributed by atoms with Gasteiger partial charge >= 0.3 is 6.18 Å². The number of nitro groups is 1. The third kappa shape index (κ3) is 3.97. The summed E-state index contributed by atoms with van der Waals surface area (Å²) in [4.78, 5) is 22.0. The fourth-order valence-electron chi connectivity index (χ4n) is 2.04. The average Bonchev–Trinajstić information content (AvgIpc) is 2.87. The predicted molar refractivity (Wildman–Crippen MR) is 74.7 cm³/mol. The molecule has 0 saturated carbocycles. The fraction of sp³-hybridized carbons (Fsp3) is 0.308. The second kappa shape index (κ2) is 6.53. The number of hydrazone groups is 1. The predicted octanol–water partition coefficient (Wildman–Crippen LogP) is 1.65. The van der Waals surface area contributed by atoms with Gasteiger partial charge in [-0.15, -0.1) is 0 Å². The number of hydrogen-bond donors (Lipinski definition) is 1. The molecule has 2 atom stereocenters. The molecule has 24 heavy (non-hydrogen) atoms. The van der Waals surface area contributed by atoms with E-state index in [2.05, 4.69) is 10.4 Å². The zero-order valence-electron chi connectivity index (χ0n) is 11.9. The van der Waals surface area contributed by atoms with Crippen molar-refractivity contribution in [3.8, 4) is 6.07 Å². The topological polar surface area (TPSA) is 112 Å². The molecule has 0 aliphatic carbocycles. The zero-order valence-corrected chi connectivity index (χ0v) is 11.9. The molecular formula is C13H10F3N5O3. The summed E-state index contributed by atoms with van der Waals surface area (Å²) in [5, 5.41) is 25.9. The number of rotatable bonds is 4. The molecule has 0 radical (unpaired) electrons. The Morgan fingerprint density at radius 1 is 1.42 bits per heavy atom. The summed E-state index contributed by atoms with van der Waals surface area (Å²) in [6.45, 7) is -1.42. The highest BCUT2D eigenvalue weighted by Crippen LogP contribution is 2.23. The summed E-state index contributed by atoms with van der Waals surface area (Å²) >= 11 is 0. The lowest BCUT2D eigenvalue weighted by Gasteiger charge is -2.26. The highest BCUT2D eigenvalue weighted by Gasteiger charge is 2.39. The summed E-state index contributed by atoms with van der Waals surface area (Å²) in [5.41, 5.74) is -0.222. The van der Waals surface area contributed by atoms with Gasteiger partial charge in [0.15, 0.2) is 0 Å². The van der Waals surface area contributed by atoms with Crippen molar-refractivity contribution in [2.24, 2.45) is 11.0 Å². The minimum Gasteiger partial charge on any atom is -0.329 e. The highest BCUT2D eigenvalue weighted by atomic mass is 19.4. The monoisotopic (exact) mass is 341 g/mol. The van der Waals surface area contributed by atoms with Gasteiger partial charge in [0.2, 0.25) is 0 Å². The molecule has 0 spiro atoms. The number of amides is 1. The summed E-state index contributed by atoms with van der Waals surface area (Å²) in [6.07, 6.45) is -4.82. The van der Waals surface area contributed by atoms with Gasteiger partial charge in [-0.3, -0.25) is 19.9 Å². The molecule has 0 saturated heterocycles.